The van der Waals surface area contributed by atoms with Crippen LogP contribution in [0.1, 0.15) is 18.1 Å². The van der Waals surface area contributed by atoms with E-state index >= 15 is 0 Å². The molecule has 2 heterocycles. The highest BCUT2D eigenvalue weighted by Crippen LogP contribution is 2.20. The lowest BCUT2D eigenvalue weighted by Crippen LogP contribution is -2.23. The molecule has 25 heavy (non-hydrogen) atoms. The van der Waals surface area contributed by atoms with Gasteiger partial charge in [-0.1, -0.05) is 54.1 Å². The number of hydrogen-bond acceptors (Lipinski definition) is 4. The Kier molecular flexibility index (Phi) is 4.11. The Morgan fingerprint density at radius 1 is 1.08 bits per heavy atom. The van der Waals surface area contributed by atoms with E-state index in [1.807, 2.05) is 30.3 Å². The van der Waals surface area contributed by atoms with Gasteiger partial charge in [0.15, 0.2) is 5.82 Å². The molecule has 0 spiro atoms. The highest BCUT2D eigenvalue weighted by atomic mass is 35.5. The van der Waals surface area contributed by atoms with Crippen LogP contribution in [-0.4, -0.2) is 14.6 Å². The Bertz CT molecular complexity index is 1140. The normalized spacial score (nSPS) is 12.2. The van der Waals surface area contributed by atoms with E-state index in [1.165, 1.54) is 16.9 Å². The fourth-order valence-electron chi connectivity index (χ4n) is 2.65. The van der Waals surface area contributed by atoms with Crippen LogP contribution in [0.3, 0.4) is 0 Å². The van der Waals surface area contributed by atoms with Crippen LogP contribution in [0, 0.1) is 0 Å². The minimum Gasteiger partial charge on any atom is -0.267 e. The zero-order valence-electron chi connectivity index (χ0n) is 13.4. The molecular weight excluding hydrogens is 354 g/mol. The van der Waals surface area contributed by atoms with Gasteiger partial charge in [-0.05, 0) is 47.9 Å². The van der Waals surface area contributed by atoms with E-state index in [4.69, 9.17) is 11.6 Å². The lowest BCUT2D eigenvalue weighted by molar-refractivity contribution is 1.09. The van der Waals surface area contributed by atoms with Crippen LogP contribution in [-0.2, 0) is 6.42 Å². The summed E-state index contributed by atoms with van der Waals surface area (Å²) in [4.78, 5) is 13.4. The van der Waals surface area contributed by atoms with Crippen molar-refractivity contribution in [1.82, 2.24) is 14.6 Å². The van der Waals surface area contributed by atoms with Crippen LogP contribution in [0.25, 0.3) is 22.4 Å². The second-order valence-corrected chi connectivity index (χ2v) is 7.10. The molecule has 0 bridgehead atoms. The number of rotatable bonds is 3. The monoisotopic (exact) mass is 367 g/mol. The largest absolute Gasteiger partial charge is 0.276 e. The molecule has 0 saturated heterocycles. The summed E-state index contributed by atoms with van der Waals surface area (Å²) >= 11 is 7.27. The SMILES string of the molecule is CCc1ccc(/C=c2/sc3nnc(-c4ccc(Cl)cc4)n3c2=O)cc1. The lowest BCUT2D eigenvalue weighted by Gasteiger charge is -1.97. The number of nitrogens with zero attached hydrogens (tertiary/aromatic N) is 3. The number of aromatic nitrogens is 3. The summed E-state index contributed by atoms with van der Waals surface area (Å²) in [6, 6.07) is 15.4. The van der Waals surface area contributed by atoms with Crippen molar-refractivity contribution in [1.29, 1.82) is 0 Å². The van der Waals surface area contributed by atoms with Gasteiger partial charge in [0.05, 0.1) is 4.53 Å². The van der Waals surface area contributed by atoms with Crippen molar-refractivity contribution in [3.8, 4) is 11.4 Å². The van der Waals surface area contributed by atoms with Gasteiger partial charge in [-0.2, -0.15) is 0 Å². The first-order valence-corrected chi connectivity index (χ1v) is 9.09. The molecule has 0 amide bonds. The second kappa shape index (κ2) is 6.43. The summed E-state index contributed by atoms with van der Waals surface area (Å²) in [7, 11) is 0. The minimum atomic E-state index is -0.102. The molecule has 4 aromatic rings. The molecule has 0 aliphatic heterocycles. The Morgan fingerprint density at radius 2 is 1.80 bits per heavy atom. The van der Waals surface area contributed by atoms with E-state index in [0.717, 1.165) is 17.5 Å². The van der Waals surface area contributed by atoms with Crippen LogP contribution in [0.5, 0.6) is 0 Å². The van der Waals surface area contributed by atoms with E-state index in [1.54, 1.807) is 16.5 Å². The van der Waals surface area contributed by atoms with Gasteiger partial charge in [0.25, 0.3) is 5.56 Å². The average molecular weight is 368 g/mol. The zero-order valence-corrected chi connectivity index (χ0v) is 15.0. The summed E-state index contributed by atoms with van der Waals surface area (Å²) in [5.74, 6) is 0.536. The van der Waals surface area contributed by atoms with Crippen LogP contribution in [0.4, 0.5) is 0 Å². The topological polar surface area (TPSA) is 47.3 Å². The second-order valence-electron chi connectivity index (χ2n) is 5.66. The van der Waals surface area contributed by atoms with Gasteiger partial charge < -0.3 is 0 Å². The molecule has 0 saturated carbocycles. The lowest BCUT2D eigenvalue weighted by atomic mass is 10.1. The highest BCUT2D eigenvalue weighted by Gasteiger charge is 2.14. The molecule has 0 aliphatic rings. The first-order valence-electron chi connectivity index (χ1n) is 7.90. The summed E-state index contributed by atoms with van der Waals surface area (Å²) < 4.78 is 2.20. The van der Waals surface area contributed by atoms with Crippen LogP contribution in [0.2, 0.25) is 5.02 Å². The smallest absolute Gasteiger partial charge is 0.267 e. The maximum absolute atomic E-state index is 12.8. The van der Waals surface area contributed by atoms with Gasteiger partial charge in [0.2, 0.25) is 4.96 Å². The number of hydrogen-bond donors (Lipinski definition) is 0. The molecule has 2 aromatic heterocycles. The maximum Gasteiger partial charge on any atom is 0.276 e. The summed E-state index contributed by atoms with van der Waals surface area (Å²) in [5, 5.41) is 8.94. The molecule has 0 aliphatic carbocycles. The molecular formula is C19H14ClN3OS. The van der Waals surface area contributed by atoms with Gasteiger partial charge in [0.1, 0.15) is 0 Å². The van der Waals surface area contributed by atoms with Gasteiger partial charge in [-0.3, -0.25) is 4.79 Å². The van der Waals surface area contributed by atoms with E-state index < -0.39 is 0 Å². The average Bonchev–Trinajstić information content (AvgIpc) is 3.17. The maximum atomic E-state index is 12.8. The highest BCUT2D eigenvalue weighted by molar-refractivity contribution is 7.15. The number of halogens is 1. The molecule has 2 aromatic carbocycles. The first kappa shape index (κ1) is 16.0. The van der Waals surface area contributed by atoms with E-state index in [-0.39, 0.29) is 5.56 Å². The Balaban J connectivity index is 1.84. The number of aryl methyl sites for hydroxylation is 1. The van der Waals surface area contributed by atoms with E-state index in [2.05, 4.69) is 29.3 Å². The van der Waals surface area contributed by atoms with Gasteiger partial charge in [-0.25, -0.2) is 4.40 Å². The Hall–Kier alpha value is -2.50. The van der Waals surface area contributed by atoms with Crippen molar-refractivity contribution >= 4 is 34.0 Å². The fourth-order valence-corrected chi connectivity index (χ4v) is 3.69. The van der Waals surface area contributed by atoms with Crippen molar-refractivity contribution in [3.05, 3.63) is 79.6 Å². The quantitative estimate of drug-likeness (QED) is 0.556. The molecule has 0 atom stereocenters. The number of fused-ring (bicyclic) bond motifs is 1. The third kappa shape index (κ3) is 2.97. The van der Waals surface area contributed by atoms with Crippen molar-refractivity contribution < 1.29 is 0 Å². The minimum absolute atomic E-state index is 0.102. The van der Waals surface area contributed by atoms with Crippen molar-refractivity contribution in [2.24, 2.45) is 0 Å². The molecule has 124 valence electrons. The van der Waals surface area contributed by atoms with Crippen molar-refractivity contribution in [2.75, 3.05) is 0 Å². The summed E-state index contributed by atoms with van der Waals surface area (Å²) in [5.41, 5.74) is 2.98. The van der Waals surface area contributed by atoms with Gasteiger partial charge in [-0.15, -0.1) is 10.2 Å². The molecule has 0 unspecified atom stereocenters. The van der Waals surface area contributed by atoms with Crippen LogP contribution in [0.15, 0.2) is 53.3 Å². The summed E-state index contributed by atoms with van der Waals surface area (Å²) in [6.07, 6.45) is 2.89. The van der Waals surface area contributed by atoms with Crippen molar-refractivity contribution in [3.63, 3.8) is 0 Å². The molecule has 4 rings (SSSR count). The molecule has 0 N–H and O–H groups in total. The zero-order chi connectivity index (χ0) is 17.4. The Morgan fingerprint density at radius 3 is 2.48 bits per heavy atom. The molecule has 0 fully saturated rings. The Labute approximate surface area is 153 Å². The molecule has 0 radical (unpaired) electrons. The first-order chi connectivity index (χ1) is 12.2. The van der Waals surface area contributed by atoms with E-state index in [0.29, 0.717) is 20.3 Å². The summed E-state index contributed by atoms with van der Waals surface area (Å²) in [6.45, 7) is 2.12. The third-order valence-corrected chi connectivity index (χ3v) is 5.25. The fraction of sp³-hybridized carbons (Fsp3) is 0.105. The number of benzene rings is 2. The molecule has 4 nitrogen and oxygen atoms in total. The van der Waals surface area contributed by atoms with Crippen LogP contribution >= 0.6 is 22.9 Å². The predicted molar refractivity (Wildman–Crippen MR) is 102 cm³/mol. The van der Waals surface area contributed by atoms with Crippen molar-refractivity contribution in [2.45, 2.75) is 13.3 Å². The molecule has 6 heteroatoms. The standard InChI is InChI=1S/C19H14ClN3OS/c1-2-12-3-5-13(6-4-12)11-16-18(24)23-17(21-22-19(23)25-16)14-7-9-15(20)10-8-14/h3-11H,2H2,1H3/b16-11+. The van der Waals surface area contributed by atoms with E-state index in [9.17, 15) is 4.79 Å². The number of thiazole rings is 1. The van der Waals surface area contributed by atoms with Gasteiger partial charge >= 0.3 is 0 Å². The predicted octanol–water partition coefficient (Wildman–Crippen LogP) is 3.58. The third-order valence-electron chi connectivity index (χ3n) is 4.04. The van der Waals surface area contributed by atoms with Gasteiger partial charge in [0, 0.05) is 10.6 Å². The van der Waals surface area contributed by atoms with Crippen LogP contribution < -0.4 is 10.1 Å².